The van der Waals surface area contributed by atoms with Gasteiger partial charge >= 0.3 is 0 Å². The molecule has 1 N–H and O–H groups in total. The number of pyridine rings is 1. The molecule has 0 saturated carbocycles. The van der Waals surface area contributed by atoms with E-state index in [1.807, 2.05) is 12.1 Å². The van der Waals surface area contributed by atoms with Gasteiger partial charge < -0.3 is 10.1 Å². The topological polar surface area (TPSA) is 34.1 Å². The number of nitrogens with zero attached hydrogens (tertiary/aromatic N) is 1. The molecule has 0 aliphatic carbocycles. The number of hydrogen-bond donors (Lipinski definition) is 1. The van der Waals surface area contributed by atoms with Gasteiger partial charge in [0.2, 0.25) is 5.88 Å². The highest BCUT2D eigenvalue weighted by atomic mass is 79.9. The van der Waals surface area contributed by atoms with Crippen LogP contribution in [0.1, 0.15) is 12.8 Å². The third-order valence-corrected chi connectivity index (χ3v) is 2.76. The minimum Gasteiger partial charge on any atom is -0.476 e. The van der Waals surface area contributed by atoms with Gasteiger partial charge in [0.15, 0.2) is 0 Å². The van der Waals surface area contributed by atoms with E-state index in [1.165, 1.54) is 12.8 Å². The summed E-state index contributed by atoms with van der Waals surface area (Å²) in [6.07, 6.45) is 4.20. The van der Waals surface area contributed by atoms with Gasteiger partial charge in [0, 0.05) is 22.8 Å². The second-order valence-corrected chi connectivity index (χ2v) is 4.33. The molecule has 1 unspecified atom stereocenters. The van der Waals surface area contributed by atoms with Gasteiger partial charge in [-0.15, -0.1) is 12.4 Å². The largest absolute Gasteiger partial charge is 0.476 e. The minimum absolute atomic E-state index is 0. The van der Waals surface area contributed by atoms with Gasteiger partial charge in [-0.05, 0) is 41.4 Å². The summed E-state index contributed by atoms with van der Waals surface area (Å²) in [6.45, 7) is 1.83. The predicted molar refractivity (Wildman–Crippen MR) is 65.7 cm³/mol. The lowest BCUT2D eigenvalue weighted by atomic mass is 10.2. The van der Waals surface area contributed by atoms with Gasteiger partial charge in [-0.2, -0.15) is 0 Å². The van der Waals surface area contributed by atoms with Crippen LogP contribution in [0.25, 0.3) is 0 Å². The molecular weight excluding hydrogens is 279 g/mol. The highest BCUT2D eigenvalue weighted by molar-refractivity contribution is 9.10. The molecule has 1 aromatic rings. The minimum atomic E-state index is 0. The normalized spacial score (nSPS) is 19.7. The molecule has 1 saturated heterocycles. The van der Waals surface area contributed by atoms with Crippen LogP contribution in [0, 0.1) is 0 Å². The highest BCUT2D eigenvalue weighted by Crippen LogP contribution is 2.13. The van der Waals surface area contributed by atoms with E-state index in [1.54, 1.807) is 6.20 Å². The molecule has 2 rings (SSSR count). The van der Waals surface area contributed by atoms with Crippen molar-refractivity contribution in [2.75, 3.05) is 13.2 Å². The molecule has 1 aliphatic heterocycles. The zero-order valence-electron chi connectivity index (χ0n) is 8.28. The molecule has 3 nitrogen and oxygen atoms in total. The van der Waals surface area contributed by atoms with Crippen molar-refractivity contribution in [3.05, 3.63) is 22.8 Å². The number of nitrogens with one attached hydrogen (secondary N) is 1. The van der Waals surface area contributed by atoms with Gasteiger partial charge in [0.25, 0.3) is 0 Å². The van der Waals surface area contributed by atoms with Crippen LogP contribution in [0.5, 0.6) is 5.88 Å². The summed E-state index contributed by atoms with van der Waals surface area (Å²) in [5.41, 5.74) is 0. The van der Waals surface area contributed by atoms with E-state index >= 15 is 0 Å². The Morgan fingerprint density at radius 3 is 3.00 bits per heavy atom. The Bertz CT molecular complexity index is 288. The standard InChI is InChI=1S/C10H13BrN2O.ClH/c11-8-3-4-10(13-6-8)14-7-9-2-1-5-12-9;/h3-4,6,9,12H,1-2,5,7H2;1H. The average Bonchev–Trinajstić information content (AvgIpc) is 2.70. The van der Waals surface area contributed by atoms with Crippen molar-refractivity contribution in [2.24, 2.45) is 0 Å². The first kappa shape index (κ1) is 12.7. The lowest BCUT2D eigenvalue weighted by Crippen LogP contribution is -2.28. The Balaban J connectivity index is 0.00000112. The quantitative estimate of drug-likeness (QED) is 0.929. The van der Waals surface area contributed by atoms with Crippen molar-refractivity contribution in [3.63, 3.8) is 0 Å². The van der Waals surface area contributed by atoms with Crippen molar-refractivity contribution in [1.82, 2.24) is 10.3 Å². The molecule has 1 atom stereocenters. The third-order valence-electron chi connectivity index (χ3n) is 2.30. The zero-order chi connectivity index (χ0) is 9.80. The maximum atomic E-state index is 5.55. The first-order chi connectivity index (χ1) is 6.84. The fourth-order valence-electron chi connectivity index (χ4n) is 1.53. The van der Waals surface area contributed by atoms with Crippen LogP contribution in [0.4, 0.5) is 0 Å². The second-order valence-electron chi connectivity index (χ2n) is 3.42. The first-order valence-electron chi connectivity index (χ1n) is 4.82. The molecule has 1 aliphatic rings. The summed E-state index contributed by atoms with van der Waals surface area (Å²) in [6, 6.07) is 4.31. The van der Waals surface area contributed by atoms with Gasteiger partial charge in [-0.25, -0.2) is 4.98 Å². The molecule has 0 radical (unpaired) electrons. The number of hydrogen-bond acceptors (Lipinski definition) is 3. The van der Waals surface area contributed by atoms with Gasteiger partial charge in [-0.1, -0.05) is 0 Å². The molecule has 84 valence electrons. The van der Waals surface area contributed by atoms with Crippen LogP contribution in [-0.4, -0.2) is 24.2 Å². The van der Waals surface area contributed by atoms with Gasteiger partial charge in [0.1, 0.15) is 6.61 Å². The first-order valence-corrected chi connectivity index (χ1v) is 5.61. The van der Waals surface area contributed by atoms with E-state index in [4.69, 9.17) is 4.74 Å². The van der Waals surface area contributed by atoms with Crippen LogP contribution in [0.15, 0.2) is 22.8 Å². The van der Waals surface area contributed by atoms with Gasteiger partial charge in [0.05, 0.1) is 0 Å². The number of halogens is 2. The molecule has 1 fully saturated rings. The molecule has 2 heterocycles. The zero-order valence-corrected chi connectivity index (χ0v) is 10.7. The molecule has 0 aromatic carbocycles. The van der Waals surface area contributed by atoms with Crippen molar-refractivity contribution in [1.29, 1.82) is 0 Å². The van der Waals surface area contributed by atoms with Crippen LogP contribution < -0.4 is 10.1 Å². The number of aromatic nitrogens is 1. The summed E-state index contributed by atoms with van der Waals surface area (Å²) >= 11 is 3.33. The maximum absolute atomic E-state index is 5.55. The maximum Gasteiger partial charge on any atom is 0.213 e. The Kier molecular flexibility index (Phi) is 5.36. The van der Waals surface area contributed by atoms with Crippen molar-refractivity contribution >= 4 is 28.3 Å². The van der Waals surface area contributed by atoms with Crippen molar-refractivity contribution < 1.29 is 4.74 Å². The molecule has 5 heteroatoms. The number of rotatable bonds is 3. The average molecular weight is 294 g/mol. The molecule has 0 bridgehead atoms. The molecule has 1 aromatic heterocycles. The summed E-state index contributed by atoms with van der Waals surface area (Å²) in [5.74, 6) is 0.696. The lowest BCUT2D eigenvalue weighted by molar-refractivity contribution is 0.267. The molecule has 0 amide bonds. The monoisotopic (exact) mass is 292 g/mol. The Morgan fingerprint density at radius 2 is 2.40 bits per heavy atom. The van der Waals surface area contributed by atoms with E-state index < -0.39 is 0 Å². The Labute approximate surface area is 104 Å². The highest BCUT2D eigenvalue weighted by Gasteiger charge is 2.14. The Morgan fingerprint density at radius 1 is 1.53 bits per heavy atom. The molecule has 0 spiro atoms. The third kappa shape index (κ3) is 3.97. The smallest absolute Gasteiger partial charge is 0.213 e. The van der Waals surface area contributed by atoms with Gasteiger partial charge in [-0.3, -0.25) is 0 Å². The van der Waals surface area contributed by atoms with Crippen LogP contribution >= 0.6 is 28.3 Å². The molecule has 15 heavy (non-hydrogen) atoms. The predicted octanol–water partition coefficient (Wildman–Crippen LogP) is 2.40. The van der Waals surface area contributed by atoms with Crippen molar-refractivity contribution in [3.8, 4) is 5.88 Å². The van der Waals surface area contributed by atoms with E-state index in [0.29, 0.717) is 18.5 Å². The van der Waals surface area contributed by atoms with E-state index in [9.17, 15) is 0 Å². The lowest BCUT2D eigenvalue weighted by Gasteiger charge is -2.10. The van der Waals surface area contributed by atoms with E-state index in [2.05, 4.69) is 26.2 Å². The van der Waals surface area contributed by atoms with Crippen LogP contribution in [-0.2, 0) is 0 Å². The summed E-state index contributed by atoms with van der Waals surface area (Å²) in [5, 5.41) is 3.38. The second kappa shape index (κ2) is 6.30. The summed E-state index contributed by atoms with van der Waals surface area (Å²) in [4.78, 5) is 4.14. The van der Waals surface area contributed by atoms with Crippen LogP contribution in [0.3, 0.4) is 0 Å². The fraction of sp³-hybridized carbons (Fsp3) is 0.500. The van der Waals surface area contributed by atoms with Crippen molar-refractivity contribution in [2.45, 2.75) is 18.9 Å². The molecular formula is C10H14BrClN2O. The fourth-order valence-corrected chi connectivity index (χ4v) is 1.77. The SMILES string of the molecule is Brc1ccc(OCC2CCCN2)nc1.Cl. The number of ether oxygens (including phenoxy) is 1. The summed E-state index contributed by atoms with van der Waals surface area (Å²) in [7, 11) is 0. The summed E-state index contributed by atoms with van der Waals surface area (Å²) < 4.78 is 6.53. The van der Waals surface area contributed by atoms with E-state index in [0.717, 1.165) is 11.0 Å². The van der Waals surface area contributed by atoms with Crippen LogP contribution in [0.2, 0.25) is 0 Å². The van der Waals surface area contributed by atoms with E-state index in [-0.39, 0.29) is 12.4 Å². The Hall–Kier alpha value is -0.320.